The molecule has 1 fully saturated rings. The van der Waals surface area contributed by atoms with Crippen LogP contribution in [-0.2, 0) is 11.0 Å². The maximum atomic E-state index is 13.1. The Morgan fingerprint density at radius 1 is 1.15 bits per heavy atom. The number of ether oxygens (including phenoxy) is 1. The number of nitrogens with zero attached hydrogens (tertiary/aromatic N) is 4. The van der Waals surface area contributed by atoms with Crippen LogP contribution in [0.1, 0.15) is 35.7 Å². The molecule has 174 valence electrons. The highest BCUT2D eigenvalue weighted by atomic mass is 19.4. The quantitative estimate of drug-likeness (QED) is 0.402. The summed E-state index contributed by atoms with van der Waals surface area (Å²) >= 11 is 0. The van der Waals surface area contributed by atoms with E-state index < -0.39 is 18.4 Å². The average Bonchev–Trinajstić information content (AvgIpc) is 3.21. The van der Waals surface area contributed by atoms with Gasteiger partial charge in [-0.2, -0.15) is 22.0 Å². The van der Waals surface area contributed by atoms with Crippen molar-refractivity contribution in [3.8, 4) is 5.75 Å². The van der Waals surface area contributed by atoms with Crippen molar-refractivity contribution in [2.75, 3.05) is 13.1 Å². The minimum atomic E-state index is -4.50. The van der Waals surface area contributed by atoms with Crippen LogP contribution in [0.25, 0.3) is 11.7 Å². The summed E-state index contributed by atoms with van der Waals surface area (Å²) in [4.78, 5) is 14.3. The fourth-order valence-electron chi connectivity index (χ4n) is 3.83. The molecule has 0 saturated carbocycles. The van der Waals surface area contributed by atoms with Gasteiger partial charge in [-0.15, -0.1) is 10.2 Å². The van der Waals surface area contributed by atoms with Crippen molar-refractivity contribution in [3.05, 3.63) is 65.6 Å². The molecule has 0 N–H and O–H groups in total. The number of aromatic nitrogens is 3. The van der Waals surface area contributed by atoms with Gasteiger partial charge in [0.1, 0.15) is 11.6 Å². The van der Waals surface area contributed by atoms with Crippen LogP contribution in [0.4, 0.5) is 22.0 Å². The van der Waals surface area contributed by atoms with E-state index in [1.54, 1.807) is 23.1 Å². The van der Waals surface area contributed by atoms with Gasteiger partial charge >= 0.3 is 12.8 Å². The third kappa shape index (κ3) is 5.12. The summed E-state index contributed by atoms with van der Waals surface area (Å²) in [6.45, 7) is -2.29. The Morgan fingerprint density at radius 3 is 2.70 bits per heavy atom. The average molecular weight is 466 g/mol. The Morgan fingerprint density at radius 2 is 1.94 bits per heavy atom. The van der Waals surface area contributed by atoms with Gasteiger partial charge in [-0.25, -0.2) is 0 Å². The van der Waals surface area contributed by atoms with Gasteiger partial charge in [0.05, 0.1) is 5.56 Å². The molecule has 1 saturated heterocycles. The summed E-state index contributed by atoms with van der Waals surface area (Å²) in [6.07, 6.45) is 0.384. The van der Waals surface area contributed by atoms with Crippen LogP contribution in [-0.4, -0.2) is 45.1 Å². The molecule has 3 aromatic rings. The normalized spacial score (nSPS) is 17.3. The molecule has 2 aromatic heterocycles. The van der Waals surface area contributed by atoms with Crippen LogP contribution in [0.2, 0.25) is 0 Å². The van der Waals surface area contributed by atoms with Crippen molar-refractivity contribution in [1.29, 1.82) is 0 Å². The van der Waals surface area contributed by atoms with Crippen LogP contribution in [0.3, 0.4) is 0 Å². The van der Waals surface area contributed by atoms with Crippen molar-refractivity contribution >= 4 is 17.6 Å². The number of carbonyl (C=O) groups is 1. The Labute approximate surface area is 185 Å². The van der Waals surface area contributed by atoms with Gasteiger partial charge in [0, 0.05) is 36.8 Å². The molecule has 33 heavy (non-hydrogen) atoms. The van der Waals surface area contributed by atoms with E-state index in [0.29, 0.717) is 30.8 Å². The molecule has 0 radical (unpaired) electrons. The lowest BCUT2D eigenvalue weighted by Gasteiger charge is -2.31. The molecule has 6 nitrogen and oxygen atoms in total. The first-order valence-electron chi connectivity index (χ1n) is 10.1. The standard InChI is InChI=1S/C22H19F5N4O2/c23-21(24)33-17-6-2-1-4-14(17)7-10-19(32)30-11-3-5-15(12-30)20-29-28-18-9-8-16(13-31(18)20)22(25,26)27/h1-2,4,6-10,13,15,21H,3,5,11-12H2/b10-7+. The van der Waals surface area contributed by atoms with E-state index in [2.05, 4.69) is 14.9 Å². The zero-order valence-electron chi connectivity index (χ0n) is 17.2. The number of para-hydroxylation sites is 1. The highest BCUT2D eigenvalue weighted by Gasteiger charge is 2.32. The zero-order chi connectivity index (χ0) is 23.6. The molecule has 4 rings (SSSR count). The molecular formula is C22H19F5N4O2. The van der Waals surface area contributed by atoms with Crippen molar-refractivity contribution in [2.45, 2.75) is 31.5 Å². The Hall–Kier alpha value is -3.50. The van der Waals surface area contributed by atoms with Gasteiger partial charge < -0.3 is 9.64 Å². The summed E-state index contributed by atoms with van der Waals surface area (Å²) < 4.78 is 70.3. The van der Waals surface area contributed by atoms with Crippen LogP contribution in [0.5, 0.6) is 5.75 Å². The minimum absolute atomic E-state index is 0.0523. The van der Waals surface area contributed by atoms with Crippen LogP contribution >= 0.6 is 0 Å². The van der Waals surface area contributed by atoms with E-state index in [9.17, 15) is 26.7 Å². The number of fused-ring (bicyclic) bond motifs is 1. The van der Waals surface area contributed by atoms with E-state index in [4.69, 9.17) is 0 Å². The fraction of sp³-hybridized carbons (Fsp3) is 0.318. The lowest BCUT2D eigenvalue weighted by atomic mass is 9.97. The predicted molar refractivity (Wildman–Crippen MR) is 109 cm³/mol. The number of benzene rings is 1. The molecule has 1 aliphatic rings. The van der Waals surface area contributed by atoms with E-state index in [1.165, 1.54) is 28.7 Å². The molecule has 1 aliphatic heterocycles. The summed E-state index contributed by atoms with van der Waals surface area (Å²) in [5, 5.41) is 8.02. The molecule has 0 aliphatic carbocycles. The molecule has 11 heteroatoms. The Balaban J connectivity index is 1.51. The van der Waals surface area contributed by atoms with Gasteiger partial charge in [0.25, 0.3) is 0 Å². The number of likely N-dealkylation sites (tertiary alicyclic amines) is 1. The molecule has 1 unspecified atom stereocenters. The van der Waals surface area contributed by atoms with E-state index in [1.807, 2.05) is 0 Å². The number of hydrogen-bond acceptors (Lipinski definition) is 4. The molecule has 1 aromatic carbocycles. The molecule has 1 atom stereocenters. The number of amides is 1. The van der Waals surface area contributed by atoms with Crippen molar-refractivity contribution in [3.63, 3.8) is 0 Å². The maximum absolute atomic E-state index is 13.1. The first-order valence-corrected chi connectivity index (χ1v) is 10.1. The van der Waals surface area contributed by atoms with Crippen LogP contribution < -0.4 is 4.74 Å². The SMILES string of the molecule is O=C(/C=C/c1ccccc1OC(F)F)N1CCCC(c2nnc3ccc(C(F)(F)F)cn23)C1. The number of halogens is 5. The van der Waals surface area contributed by atoms with Crippen LogP contribution in [0, 0.1) is 0 Å². The Kier molecular flexibility index (Phi) is 6.30. The smallest absolute Gasteiger partial charge is 0.417 e. The zero-order valence-corrected chi connectivity index (χ0v) is 17.2. The van der Waals surface area contributed by atoms with Crippen molar-refractivity contribution in [1.82, 2.24) is 19.5 Å². The highest BCUT2D eigenvalue weighted by molar-refractivity contribution is 5.92. The number of piperidine rings is 1. The first-order chi connectivity index (χ1) is 15.7. The summed E-state index contributed by atoms with van der Waals surface area (Å²) in [6, 6.07) is 8.29. The first kappa shape index (κ1) is 22.7. The predicted octanol–water partition coefficient (Wildman–Crippen LogP) is 4.77. The van der Waals surface area contributed by atoms with Crippen molar-refractivity contribution in [2.24, 2.45) is 0 Å². The number of alkyl halides is 5. The minimum Gasteiger partial charge on any atom is -0.434 e. The van der Waals surface area contributed by atoms with E-state index in [0.717, 1.165) is 12.3 Å². The van der Waals surface area contributed by atoms with E-state index >= 15 is 0 Å². The van der Waals surface area contributed by atoms with Gasteiger partial charge in [-0.3, -0.25) is 9.20 Å². The molecular weight excluding hydrogens is 447 g/mol. The molecule has 0 bridgehead atoms. The van der Waals surface area contributed by atoms with Gasteiger partial charge in [0.2, 0.25) is 5.91 Å². The molecule has 0 spiro atoms. The largest absolute Gasteiger partial charge is 0.434 e. The van der Waals surface area contributed by atoms with E-state index in [-0.39, 0.29) is 29.8 Å². The highest BCUT2D eigenvalue weighted by Crippen LogP contribution is 2.31. The number of carbonyl (C=O) groups excluding carboxylic acids is 1. The number of pyridine rings is 1. The molecule has 3 heterocycles. The second-order valence-corrected chi connectivity index (χ2v) is 7.58. The maximum Gasteiger partial charge on any atom is 0.417 e. The summed E-state index contributed by atoms with van der Waals surface area (Å²) in [5.74, 6) is -0.350. The monoisotopic (exact) mass is 466 g/mol. The lowest BCUT2D eigenvalue weighted by Crippen LogP contribution is -2.38. The summed E-state index contributed by atoms with van der Waals surface area (Å²) in [5.41, 5.74) is -0.202. The summed E-state index contributed by atoms with van der Waals surface area (Å²) in [7, 11) is 0. The third-order valence-electron chi connectivity index (χ3n) is 5.39. The van der Waals surface area contributed by atoms with Crippen LogP contribution in [0.15, 0.2) is 48.7 Å². The number of rotatable bonds is 5. The van der Waals surface area contributed by atoms with Gasteiger partial charge in [-0.1, -0.05) is 18.2 Å². The van der Waals surface area contributed by atoms with Gasteiger partial charge in [-0.05, 0) is 37.1 Å². The lowest BCUT2D eigenvalue weighted by molar-refractivity contribution is -0.137. The second-order valence-electron chi connectivity index (χ2n) is 7.58. The fourth-order valence-corrected chi connectivity index (χ4v) is 3.83. The molecule has 1 amide bonds. The second kappa shape index (κ2) is 9.16. The van der Waals surface area contributed by atoms with Gasteiger partial charge in [0.15, 0.2) is 5.65 Å². The third-order valence-corrected chi connectivity index (χ3v) is 5.39. The Bertz CT molecular complexity index is 1180. The van der Waals surface area contributed by atoms with Crippen molar-refractivity contribution < 1.29 is 31.5 Å². The topological polar surface area (TPSA) is 59.7 Å². The number of hydrogen-bond donors (Lipinski definition) is 0.